The number of epoxide rings is 1. The summed E-state index contributed by atoms with van der Waals surface area (Å²) in [6.07, 6.45) is 5.79. The van der Waals surface area contributed by atoms with Gasteiger partial charge in [0, 0.05) is 0 Å². The fourth-order valence-corrected chi connectivity index (χ4v) is 9.07. The molecule has 50 heavy (non-hydrogen) atoms. The van der Waals surface area contributed by atoms with Gasteiger partial charge in [-0.15, -0.1) is 30.0 Å². The molecule has 2 unspecified atom stereocenters. The highest BCUT2D eigenvalue weighted by Crippen LogP contribution is 2.64. The molecule has 2 aliphatic rings. The smallest absolute Gasteiger partial charge is 0.261 e. The van der Waals surface area contributed by atoms with Gasteiger partial charge in [0.15, 0.2) is 5.75 Å². The van der Waals surface area contributed by atoms with Crippen LogP contribution in [0.5, 0.6) is 5.75 Å². The lowest BCUT2D eigenvalue weighted by Crippen LogP contribution is -2.35. The van der Waals surface area contributed by atoms with Gasteiger partial charge in [-0.2, -0.15) is 0 Å². The van der Waals surface area contributed by atoms with E-state index in [1.54, 1.807) is 0 Å². The number of hydrogen-bond donors (Lipinski definition) is 2. The molecule has 0 amide bonds. The largest absolute Gasteiger partial charge is 0.504 e. The standard InChI is InChI=1S/C40H48N6O3S/c1-35(2,3)23-37(7,8)25-19-31(45-41-27-15-11-12-16-28(27)42-45)34(47)32(20-25)50-33-21-26(38(9,10)24-36(4,5)6)22-39(40(33,48)49-39)46-43-29-17-13-14-18-30(29)44-46/h11-22,47-48H,23-24H2,1-10H3. The third-order valence-corrected chi connectivity index (χ3v) is 10.7. The van der Waals surface area contributed by atoms with E-state index < -0.39 is 11.5 Å². The van der Waals surface area contributed by atoms with Gasteiger partial charge in [0.25, 0.3) is 11.5 Å². The Kier molecular flexibility index (Phi) is 7.76. The number of aliphatic hydroxyl groups is 1. The third kappa shape index (κ3) is 6.05. The Labute approximate surface area is 298 Å². The second kappa shape index (κ2) is 11.3. The molecule has 1 aliphatic carbocycles. The summed E-state index contributed by atoms with van der Waals surface area (Å²) in [4.78, 5) is 4.13. The minimum atomic E-state index is -1.75. The van der Waals surface area contributed by atoms with Crippen LogP contribution in [0.1, 0.15) is 87.6 Å². The maximum absolute atomic E-state index is 12.4. The number of allylic oxidation sites excluding steroid dienone is 2. The van der Waals surface area contributed by atoms with Crippen LogP contribution in [0.3, 0.4) is 0 Å². The van der Waals surface area contributed by atoms with E-state index >= 15 is 0 Å². The van der Waals surface area contributed by atoms with Gasteiger partial charge in [0.1, 0.15) is 27.8 Å². The summed E-state index contributed by atoms with van der Waals surface area (Å²) < 4.78 is 6.38. The number of phenols is 1. The van der Waals surface area contributed by atoms with E-state index in [4.69, 9.17) is 25.1 Å². The van der Waals surface area contributed by atoms with Crippen molar-refractivity contribution in [2.24, 2.45) is 16.2 Å². The van der Waals surface area contributed by atoms with Crippen LogP contribution in [0.2, 0.25) is 0 Å². The fraction of sp³-hybridized carbons (Fsp3) is 0.450. The molecule has 5 aromatic rings. The molecule has 2 N–H and O–H groups in total. The van der Waals surface area contributed by atoms with Crippen LogP contribution in [-0.4, -0.2) is 46.0 Å². The average molecular weight is 693 g/mol. The lowest BCUT2D eigenvalue weighted by molar-refractivity contribution is 0.0787. The molecule has 3 aromatic carbocycles. The third-order valence-electron chi connectivity index (χ3n) is 9.59. The number of hydrogen-bond acceptors (Lipinski definition) is 8. The van der Waals surface area contributed by atoms with Crippen molar-refractivity contribution in [3.8, 4) is 11.4 Å². The van der Waals surface area contributed by atoms with Crippen molar-refractivity contribution < 1.29 is 14.9 Å². The number of fused-ring (bicyclic) bond motifs is 3. The molecule has 0 spiro atoms. The number of phenolic OH excluding ortho intramolecular Hbond substituents is 1. The molecule has 9 nitrogen and oxygen atoms in total. The second-order valence-electron chi connectivity index (χ2n) is 17.7. The number of nitrogens with zero attached hydrogens (tertiary/aromatic N) is 6. The molecular weight excluding hydrogens is 645 g/mol. The van der Waals surface area contributed by atoms with E-state index in [0.29, 0.717) is 26.5 Å². The molecule has 0 bridgehead atoms. The number of rotatable bonds is 8. The first kappa shape index (κ1) is 34.5. The molecule has 1 saturated heterocycles. The maximum atomic E-state index is 12.4. The lowest BCUT2D eigenvalue weighted by atomic mass is 9.70. The summed E-state index contributed by atoms with van der Waals surface area (Å²) >= 11 is 1.30. The Bertz CT molecular complexity index is 2130. The first-order valence-corrected chi connectivity index (χ1v) is 18.1. The average Bonchev–Trinajstić information content (AvgIpc) is 3.28. The van der Waals surface area contributed by atoms with Crippen molar-refractivity contribution >= 4 is 33.8 Å². The van der Waals surface area contributed by atoms with E-state index in [2.05, 4.69) is 69.2 Å². The van der Waals surface area contributed by atoms with Gasteiger partial charge in [-0.05, 0) is 94.2 Å². The number of thioether (sulfide) groups is 1. The first-order chi connectivity index (χ1) is 23.2. The molecule has 7 rings (SSSR count). The minimum absolute atomic E-state index is 0.0226. The minimum Gasteiger partial charge on any atom is -0.504 e. The number of ether oxygens (including phenoxy) is 1. The summed E-state index contributed by atoms with van der Waals surface area (Å²) in [7, 11) is 0. The zero-order valence-corrected chi connectivity index (χ0v) is 31.6. The zero-order valence-electron chi connectivity index (χ0n) is 30.7. The van der Waals surface area contributed by atoms with Gasteiger partial charge in [-0.3, -0.25) is 0 Å². The quantitative estimate of drug-likeness (QED) is 0.155. The molecular formula is C40H48N6O3S. The van der Waals surface area contributed by atoms with Crippen molar-refractivity contribution in [1.82, 2.24) is 30.0 Å². The van der Waals surface area contributed by atoms with Gasteiger partial charge < -0.3 is 14.9 Å². The molecule has 262 valence electrons. The molecule has 0 radical (unpaired) electrons. The summed E-state index contributed by atoms with van der Waals surface area (Å²) in [6.45, 7) is 22.3. The van der Waals surface area contributed by atoms with Gasteiger partial charge in [-0.25, -0.2) is 0 Å². The highest BCUT2D eigenvalue weighted by atomic mass is 32.2. The highest BCUT2D eigenvalue weighted by Gasteiger charge is 2.76. The Morgan fingerprint density at radius 1 is 0.720 bits per heavy atom. The molecule has 10 heteroatoms. The Morgan fingerprint density at radius 2 is 1.22 bits per heavy atom. The molecule has 2 aromatic heterocycles. The highest BCUT2D eigenvalue weighted by molar-refractivity contribution is 8.03. The van der Waals surface area contributed by atoms with Crippen molar-refractivity contribution in [3.05, 3.63) is 88.9 Å². The van der Waals surface area contributed by atoms with E-state index in [9.17, 15) is 10.2 Å². The predicted molar refractivity (Wildman–Crippen MR) is 199 cm³/mol. The van der Waals surface area contributed by atoms with Crippen LogP contribution >= 0.6 is 11.8 Å². The van der Waals surface area contributed by atoms with Crippen molar-refractivity contribution in [2.45, 2.75) is 104 Å². The Hall–Kier alpha value is -3.99. The van der Waals surface area contributed by atoms with Crippen LogP contribution in [0.25, 0.3) is 27.8 Å². The number of aromatic hydroxyl groups is 1. The van der Waals surface area contributed by atoms with E-state index in [-0.39, 0.29) is 27.4 Å². The first-order valence-electron chi connectivity index (χ1n) is 17.3. The topological polar surface area (TPSA) is 114 Å². The van der Waals surface area contributed by atoms with E-state index in [1.165, 1.54) is 21.4 Å². The summed E-state index contributed by atoms with van der Waals surface area (Å²) in [5.41, 5.74) is 3.57. The van der Waals surface area contributed by atoms with Gasteiger partial charge in [0.2, 0.25) is 0 Å². The molecule has 1 fully saturated rings. The fourth-order valence-electron chi connectivity index (χ4n) is 7.93. The predicted octanol–water partition coefficient (Wildman–Crippen LogP) is 9.03. The monoisotopic (exact) mass is 692 g/mol. The lowest BCUT2D eigenvalue weighted by Gasteiger charge is -2.36. The van der Waals surface area contributed by atoms with Crippen molar-refractivity contribution in [2.75, 3.05) is 0 Å². The SMILES string of the molecule is CC(C)(C)CC(C)(C)C1=CC2(n3nc4ccccc4n3)OC2(O)C(Sc2cc(C(C)(C)CC(C)(C)C)cc(-n3nc4ccccc4n3)c2O)=C1. The van der Waals surface area contributed by atoms with Gasteiger partial charge in [0.05, 0.1) is 9.80 Å². The molecule has 1 aliphatic heterocycles. The summed E-state index contributed by atoms with van der Waals surface area (Å²) in [5, 5.41) is 43.5. The summed E-state index contributed by atoms with van der Waals surface area (Å²) in [6, 6.07) is 19.3. The van der Waals surface area contributed by atoms with Crippen LogP contribution in [0.4, 0.5) is 0 Å². The van der Waals surface area contributed by atoms with Crippen LogP contribution in [-0.2, 0) is 15.9 Å². The van der Waals surface area contributed by atoms with Crippen LogP contribution in [0.15, 0.2) is 88.2 Å². The molecule has 0 saturated carbocycles. The van der Waals surface area contributed by atoms with Crippen molar-refractivity contribution in [1.29, 1.82) is 0 Å². The molecule has 2 atom stereocenters. The van der Waals surface area contributed by atoms with E-state index in [1.807, 2.05) is 72.8 Å². The Morgan fingerprint density at radius 3 is 1.74 bits per heavy atom. The van der Waals surface area contributed by atoms with E-state index in [0.717, 1.165) is 35.0 Å². The number of benzene rings is 3. The normalized spacial score (nSPS) is 21.3. The van der Waals surface area contributed by atoms with Crippen LogP contribution < -0.4 is 0 Å². The van der Waals surface area contributed by atoms with Crippen molar-refractivity contribution in [3.63, 3.8) is 0 Å². The maximum Gasteiger partial charge on any atom is 0.261 e. The molecule has 3 heterocycles. The Balaban J connectivity index is 1.39. The number of aromatic nitrogens is 6. The second-order valence-corrected chi connectivity index (χ2v) is 18.8. The van der Waals surface area contributed by atoms with Crippen LogP contribution in [0, 0.1) is 16.2 Å². The summed E-state index contributed by atoms with van der Waals surface area (Å²) in [5.74, 6) is -1.73. The zero-order chi connectivity index (χ0) is 36.1. The van der Waals surface area contributed by atoms with Gasteiger partial charge in [-0.1, -0.05) is 105 Å². The van der Waals surface area contributed by atoms with Gasteiger partial charge >= 0.3 is 0 Å².